The number of carbonyl (C=O) groups is 2. The lowest BCUT2D eigenvalue weighted by atomic mass is 9.74. The number of ketones is 1. The van der Waals surface area contributed by atoms with Crippen LogP contribution < -0.4 is 0 Å². The highest BCUT2D eigenvalue weighted by Crippen LogP contribution is 2.39. The number of rotatable bonds is 7. The van der Waals surface area contributed by atoms with Crippen molar-refractivity contribution in [1.82, 2.24) is 4.90 Å². The summed E-state index contributed by atoms with van der Waals surface area (Å²) in [4.78, 5) is 29.2. The second kappa shape index (κ2) is 15.1. The van der Waals surface area contributed by atoms with Crippen molar-refractivity contribution in [3.63, 3.8) is 0 Å². The van der Waals surface area contributed by atoms with Crippen LogP contribution in [0.2, 0.25) is 0 Å². The van der Waals surface area contributed by atoms with Crippen molar-refractivity contribution in [2.24, 2.45) is 23.7 Å². The van der Waals surface area contributed by atoms with E-state index >= 15 is 0 Å². The molecule has 2 aliphatic heterocycles. The van der Waals surface area contributed by atoms with Crippen LogP contribution >= 0.6 is 0 Å². The number of Topliss-reactive ketones (excluding diaryl/α,β-unsaturated/α-hetero) is 1. The van der Waals surface area contributed by atoms with Gasteiger partial charge in [0.15, 0.2) is 12.1 Å². The van der Waals surface area contributed by atoms with Gasteiger partial charge in [0.1, 0.15) is 23.7 Å². The predicted octanol–water partition coefficient (Wildman–Crippen LogP) is 3.10. The van der Waals surface area contributed by atoms with Crippen LogP contribution in [0.15, 0.2) is 11.6 Å². The maximum absolute atomic E-state index is 13.9. The number of likely N-dealkylation sites (N-methyl/N-ethyl adjacent to an activating group) is 1. The van der Waals surface area contributed by atoms with Gasteiger partial charge < -0.3 is 39.2 Å². The van der Waals surface area contributed by atoms with Gasteiger partial charge in [0.05, 0.1) is 17.8 Å². The minimum Gasteiger partial charge on any atom is -0.459 e. The Hall–Kier alpha value is -1.40. The van der Waals surface area contributed by atoms with Crippen LogP contribution in [0.1, 0.15) is 81.1 Å². The van der Waals surface area contributed by atoms with E-state index < -0.39 is 65.3 Å². The van der Waals surface area contributed by atoms with Crippen LogP contribution in [0.4, 0.5) is 0 Å². The summed E-state index contributed by atoms with van der Waals surface area (Å²) in [5.74, 6) is -3.68. The Kier molecular flexibility index (Phi) is 13.2. The van der Waals surface area contributed by atoms with Crippen molar-refractivity contribution in [2.45, 2.75) is 129 Å². The first-order valence-electron chi connectivity index (χ1n) is 15.4. The van der Waals surface area contributed by atoms with E-state index in [1.54, 1.807) is 21.0 Å². The van der Waals surface area contributed by atoms with E-state index in [2.05, 4.69) is 0 Å². The number of carbonyl (C=O) groups excluding carboxylic acids is 2. The number of hydrogen-bond acceptors (Lipinski definition) is 10. The van der Waals surface area contributed by atoms with E-state index in [1.165, 1.54) is 6.92 Å². The SMILES string of the molecule is CC[C@H]1OC(=O)C(C)C(=O)[C@H](C)[C@@H](O[C@@H]2O[C@H](C)C[C@H](N(C)C)[C@H]2O)[C@](C)(OC)C[C@@H](C)/C=C(/C)[C@@H](CCO)[C@]1(C)O. The summed E-state index contributed by atoms with van der Waals surface area (Å²) in [5.41, 5.74) is -1.65. The van der Waals surface area contributed by atoms with Gasteiger partial charge in [0, 0.05) is 31.6 Å². The smallest absolute Gasteiger partial charge is 0.316 e. The fourth-order valence-electron chi connectivity index (χ4n) is 7.02. The molecule has 2 heterocycles. The molecule has 244 valence electrons. The Morgan fingerprint density at radius 1 is 1.14 bits per heavy atom. The first kappa shape index (κ1) is 36.8. The Labute approximate surface area is 252 Å². The molecule has 0 aromatic heterocycles. The average Bonchev–Trinajstić information content (AvgIpc) is 2.92. The van der Waals surface area contributed by atoms with Gasteiger partial charge in [-0.05, 0) is 80.3 Å². The van der Waals surface area contributed by atoms with Crippen LogP contribution in [0.3, 0.4) is 0 Å². The second-order valence-electron chi connectivity index (χ2n) is 13.3. The Bertz CT molecular complexity index is 937. The first-order valence-corrected chi connectivity index (χ1v) is 15.4. The lowest BCUT2D eigenvalue weighted by molar-refractivity contribution is -0.295. The molecular formula is C32H57NO9. The van der Waals surface area contributed by atoms with Crippen molar-refractivity contribution < 1.29 is 43.9 Å². The van der Waals surface area contributed by atoms with Crippen LogP contribution in [-0.2, 0) is 28.5 Å². The number of methoxy groups -OCH3 is 1. The monoisotopic (exact) mass is 599 g/mol. The highest BCUT2D eigenvalue weighted by molar-refractivity contribution is 6.00. The second-order valence-corrected chi connectivity index (χ2v) is 13.3. The number of esters is 1. The van der Waals surface area contributed by atoms with Gasteiger partial charge in [-0.2, -0.15) is 0 Å². The van der Waals surface area contributed by atoms with Crippen molar-refractivity contribution in [3.8, 4) is 0 Å². The standard InChI is InChI=1S/C32H57NO9/c1-12-25-32(8,38)23(13-14-34)19(3)15-18(2)17-31(7,39-11)28(21(5)26(35)22(6)29(37)41-25)42-30-27(36)24(33(9)10)16-20(4)40-30/h15,18,20-25,27-28,30,34,36,38H,12-14,16-17H2,1-11H3/b19-15-/t18-,20+,21-,22?,23+,24-,25+,27+,28+,30-,31+,32-/m0/s1. The van der Waals surface area contributed by atoms with Crippen LogP contribution in [0.25, 0.3) is 0 Å². The normalized spacial score (nSPS) is 44.3. The van der Waals surface area contributed by atoms with Crippen LogP contribution in [0.5, 0.6) is 0 Å². The molecule has 2 rings (SSSR count). The van der Waals surface area contributed by atoms with Crippen LogP contribution in [0, 0.1) is 23.7 Å². The predicted molar refractivity (Wildman–Crippen MR) is 160 cm³/mol. The molecule has 10 nitrogen and oxygen atoms in total. The average molecular weight is 600 g/mol. The molecule has 0 spiro atoms. The highest BCUT2D eigenvalue weighted by Gasteiger charge is 2.49. The lowest BCUT2D eigenvalue weighted by Gasteiger charge is -2.47. The van der Waals surface area contributed by atoms with Gasteiger partial charge in [0.25, 0.3) is 0 Å². The minimum absolute atomic E-state index is 0.0889. The molecule has 10 heteroatoms. The molecule has 0 bridgehead atoms. The van der Waals surface area contributed by atoms with E-state index in [-0.39, 0.29) is 31.1 Å². The molecule has 0 aromatic rings. The molecule has 1 unspecified atom stereocenters. The zero-order valence-electron chi connectivity index (χ0n) is 27.6. The molecular weight excluding hydrogens is 542 g/mol. The van der Waals surface area contributed by atoms with Crippen molar-refractivity contribution >= 4 is 11.8 Å². The molecule has 0 aliphatic carbocycles. The number of ether oxygens (including phenoxy) is 4. The third-order valence-electron chi connectivity index (χ3n) is 9.54. The molecule has 42 heavy (non-hydrogen) atoms. The number of nitrogens with zero attached hydrogens (tertiary/aromatic N) is 1. The van der Waals surface area contributed by atoms with Gasteiger partial charge in [0.2, 0.25) is 0 Å². The number of cyclic esters (lactones) is 1. The number of hydrogen-bond donors (Lipinski definition) is 3. The molecule has 0 aromatic carbocycles. The molecule has 2 aliphatic rings. The number of aliphatic hydroxyl groups is 3. The topological polar surface area (TPSA) is 135 Å². The number of aliphatic hydroxyl groups excluding tert-OH is 2. The third-order valence-corrected chi connectivity index (χ3v) is 9.54. The first-order chi connectivity index (χ1) is 19.4. The fourth-order valence-corrected chi connectivity index (χ4v) is 7.02. The van der Waals surface area contributed by atoms with E-state index in [4.69, 9.17) is 18.9 Å². The van der Waals surface area contributed by atoms with E-state index in [0.29, 0.717) is 19.3 Å². The largest absolute Gasteiger partial charge is 0.459 e. The van der Waals surface area contributed by atoms with Crippen LogP contribution in [-0.4, -0.2) is 108 Å². The van der Waals surface area contributed by atoms with Gasteiger partial charge in [-0.1, -0.05) is 32.4 Å². The van der Waals surface area contributed by atoms with Gasteiger partial charge >= 0.3 is 5.97 Å². The lowest BCUT2D eigenvalue weighted by Crippen LogP contribution is -2.59. The van der Waals surface area contributed by atoms with Gasteiger partial charge in [-0.15, -0.1) is 0 Å². The molecule has 3 N–H and O–H groups in total. The van der Waals surface area contributed by atoms with Gasteiger partial charge in [-0.25, -0.2) is 0 Å². The quantitative estimate of drug-likeness (QED) is 0.228. The zero-order valence-corrected chi connectivity index (χ0v) is 27.6. The Morgan fingerprint density at radius 2 is 1.76 bits per heavy atom. The molecule has 0 saturated carbocycles. The van der Waals surface area contributed by atoms with Gasteiger partial charge in [-0.3, -0.25) is 9.59 Å². The van der Waals surface area contributed by atoms with E-state index in [9.17, 15) is 24.9 Å². The fraction of sp³-hybridized carbons (Fsp3) is 0.875. The molecule has 1 fully saturated rings. The van der Waals surface area contributed by atoms with E-state index in [0.717, 1.165) is 5.57 Å². The molecule has 0 radical (unpaired) electrons. The summed E-state index contributed by atoms with van der Waals surface area (Å²) in [7, 11) is 5.35. The zero-order chi connectivity index (χ0) is 32.2. The maximum atomic E-state index is 13.9. The summed E-state index contributed by atoms with van der Waals surface area (Å²) in [6.45, 7) is 14.2. The Morgan fingerprint density at radius 3 is 2.29 bits per heavy atom. The Balaban J connectivity index is 2.65. The van der Waals surface area contributed by atoms with Crippen molar-refractivity contribution in [2.75, 3.05) is 27.8 Å². The minimum atomic E-state index is -1.48. The highest BCUT2D eigenvalue weighted by atomic mass is 16.7. The maximum Gasteiger partial charge on any atom is 0.316 e. The third kappa shape index (κ3) is 8.20. The molecule has 0 amide bonds. The summed E-state index contributed by atoms with van der Waals surface area (Å²) in [5, 5.41) is 32.8. The van der Waals surface area contributed by atoms with Crippen molar-refractivity contribution in [1.29, 1.82) is 0 Å². The van der Waals surface area contributed by atoms with Crippen molar-refractivity contribution in [3.05, 3.63) is 11.6 Å². The summed E-state index contributed by atoms with van der Waals surface area (Å²) < 4.78 is 24.5. The summed E-state index contributed by atoms with van der Waals surface area (Å²) in [6, 6.07) is -0.210. The number of allylic oxidation sites excluding steroid dienone is 1. The van der Waals surface area contributed by atoms with E-state index in [1.807, 2.05) is 59.7 Å². The molecule has 1 saturated heterocycles. The molecule has 12 atom stereocenters. The summed E-state index contributed by atoms with van der Waals surface area (Å²) in [6.07, 6.45) is -0.250. The summed E-state index contributed by atoms with van der Waals surface area (Å²) >= 11 is 0.